The largest absolute Gasteiger partial charge is 0.395 e. The van der Waals surface area contributed by atoms with Crippen LogP contribution >= 0.6 is 0 Å². The van der Waals surface area contributed by atoms with Crippen LogP contribution in [-0.4, -0.2) is 23.2 Å². The highest BCUT2D eigenvalue weighted by molar-refractivity contribution is 5.78. The summed E-state index contributed by atoms with van der Waals surface area (Å²) in [6.45, 7) is 1.59. The summed E-state index contributed by atoms with van der Waals surface area (Å²) >= 11 is 0. The number of aliphatic hydroxyl groups excluding tert-OH is 1. The molecule has 0 bridgehead atoms. The highest BCUT2D eigenvalue weighted by Gasteiger charge is 1.96. The maximum Gasteiger partial charge on any atom is 0.0702 e. The van der Waals surface area contributed by atoms with Gasteiger partial charge in [-0.2, -0.15) is 0 Å². The Balaban J connectivity index is 2.16. The lowest BCUT2D eigenvalue weighted by Crippen LogP contribution is -2.17. The molecule has 0 spiro atoms. The molecule has 78 valence electrons. The fourth-order valence-corrected chi connectivity index (χ4v) is 1.55. The summed E-state index contributed by atoms with van der Waals surface area (Å²) in [5, 5.41) is 12.9. The Bertz CT molecular complexity index is 442. The average molecular weight is 202 g/mol. The van der Waals surface area contributed by atoms with E-state index in [2.05, 4.69) is 28.5 Å². The van der Waals surface area contributed by atoms with Gasteiger partial charge in [0.2, 0.25) is 0 Å². The highest BCUT2D eigenvalue weighted by atomic mass is 16.3. The number of hydrogen-bond donors (Lipinski definition) is 2. The summed E-state index contributed by atoms with van der Waals surface area (Å²) in [6, 6.07) is 10.2. The van der Waals surface area contributed by atoms with Crippen LogP contribution in [0, 0.1) is 0 Å². The first-order valence-corrected chi connectivity index (χ1v) is 5.05. The number of rotatable bonds is 4. The number of aliphatic hydroxyl groups is 1. The Labute approximate surface area is 88.8 Å². The van der Waals surface area contributed by atoms with E-state index in [1.807, 2.05) is 12.1 Å². The van der Waals surface area contributed by atoms with Crippen LogP contribution in [0.25, 0.3) is 10.9 Å². The molecule has 0 fully saturated rings. The highest BCUT2D eigenvalue weighted by Crippen LogP contribution is 2.12. The maximum absolute atomic E-state index is 8.64. The summed E-state index contributed by atoms with van der Waals surface area (Å²) in [5.41, 5.74) is 2.23. The maximum atomic E-state index is 8.64. The second kappa shape index (κ2) is 4.87. The summed E-state index contributed by atoms with van der Waals surface area (Å²) in [4.78, 5) is 4.26. The minimum absolute atomic E-state index is 0.176. The lowest BCUT2D eigenvalue weighted by atomic mass is 10.1. The van der Waals surface area contributed by atoms with Gasteiger partial charge >= 0.3 is 0 Å². The molecule has 3 heteroatoms. The van der Waals surface area contributed by atoms with Gasteiger partial charge in [0, 0.05) is 24.7 Å². The standard InChI is InChI=1S/C12H14N2O/c15-7-6-13-9-10-3-4-12-11(8-10)2-1-5-14-12/h1-5,8,13,15H,6-7,9H2. The molecule has 0 aliphatic rings. The first-order valence-electron chi connectivity index (χ1n) is 5.05. The van der Waals surface area contributed by atoms with E-state index < -0.39 is 0 Å². The monoisotopic (exact) mass is 202 g/mol. The van der Waals surface area contributed by atoms with Crippen molar-refractivity contribution in [2.75, 3.05) is 13.2 Å². The molecule has 0 saturated heterocycles. The molecule has 0 atom stereocenters. The van der Waals surface area contributed by atoms with Gasteiger partial charge in [0.1, 0.15) is 0 Å². The number of pyridine rings is 1. The van der Waals surface area contributed by atoms with Gasteiger partial charge in [-0.15, -0.1) is 0 Å². The Morgan fingerprint density at radius 3 is 3.07 bits per heavy atom. The van der Waals surface area contributed by atoms with E-state index in [0.717, 1.165) is 17.4 Å². The molecule has 2 N–H and O–H groups in total. The molecule has 2 aromatic rings. The van der Waals surface area contributed by atoms with Crippen LogP contribution in [0.3, 0.4) is 0 Å². The van der Waals surface area contributed by atoms with Crippen molar-refractivity contribution in [3.05, 3.63) is 42.1 Å². The van der Waals surface area contributed by atoms with Crippen molar-refractivity contribution >= 4 is 10.9 Å². The number of benzene rings is 1. The van der Waals surface area contributed by atoms with Crippen LogP contribution in [0.5, 0.6) is 0 Å². The molecule has 1 aromatic heterocycles. The molecular formula is C12H14N2O. The number of aromatic nitrogens is 1. The molecule has 0 radical (unpaired) electrons. The summed E-state index contributed by atoms with van der Waals surface area (Å²) in [6.07, 6.45) is 1.80. The van der Waals surface area contributed by atoms with Crippen molar-refractivity contribution < 1.29 is 5.11 Å². The van der Waals surface area contributed by atoms with Gasteiger partial charge in [-0.1, -0.05) is 12.1 Å². The molecule has 2 rings (SSSR count). The number of nitrogens with one attached hydrogen (secondary N) is 1. The lowest BCUT2D eigenvalue weighted by molar-refractivity contribution is 0.292. The molecule has 0 saturated carbocycles. The van der Waals surface area contributed by atoms with Crippen molar-refractivity contribution in [1.82, 2.24) is 10.3 Å². The lowest BCUT2D eigenvalue weighted by Gasteiger charge is -2.04. The molecule has 0 aliphatic heterocycles. The predicted molar refractivity (Wildman–Crippen MR) is 60.5 cm³/mol. The average Bonchev–Trinajstić information content (AvgIpc) is 2.29. The fraction of sp³-hybridized carbons (Fsp3) is 0.250. The van der Waals surface area contributed by atoms with Crippen LogP contribution in [-0.2, 0) is 6.54 Å². The quantitative estimate of drug-likeness (QED) is 0.735. The molecule has 0 aliphatic carbocycles. The topological polar surface area (TPSA) is 45.1 Å². The Morgan fingerprint density at radius 2 is 2.20 bits per heavy atom. The molecule has 0 unspecified atom stereocenters. The van der Waals surface area contributed by atoms with Crippen LogP contribution < -0.4 is 5.32 Å². The molecule has 1 heterocycles. The smallest absolute Gasteiger partial charge is 0.0702 e. The first-order chi connectivity index (χ1) is 7.40. The van der Waals surface area contributed by atoms with Crippen molar-refractivity contribution in [3.8, 4) is 0 Å². The second-order valence-electron chi connectivity index (χ2n) is 3.43. The van der Waals surface area contributed by atoms with Crippen LogP contribution in [0.15, 0.2) is 36.5 Å². The Morgan fingerprint density at radius 1 is 1.27 bits per heavy atom. The van der Waals surface area contributed by atoms with Gasteiger partial charge in [0.05, 0.1) is 12.1 Å². The molecule has 15 heavy (non-hydrogen) atoms. The number of nitrogens with zero attached hydrogens (tertiary/aromatic N) is 1. The molecule has 3 nitrogen and oxygen atoms in total. The summed E-state index contributed by atoms with van der Waals surface area (Å²) in [5.74, 6) is 0. The number of hydrogen-bond acceptors (Lipinski definition) is 3. The van der Waals surface area contributed by atoms with Crippen LogP contribution in [0.4, 0.5) is 0 Å². The third-order valence-electron chi connectivity index (χ3n) is 2.29. The second-order valence-corrected chi connectivity index (χ2v) is 3.43. The van der Waals surface area contributed by atoms with Gasteiger partial charge in [0.25, 0.3) is 0 Å². The van der Waals surface area contributed by atoms with E-state index >= 15 is 0 Å². The number of fused-ring (bicyclic) bond motifs is 1. The molecule has 0 amide bonds. The minimum atomic E-state index is 0.176. The van der Waals surface area contributed by atoms with Gasteiger partial charge in [-0.25, -0.2) is 0 Å². The van der Waals surface area contributed by atoms with E-state index in [9.17, 15) is 0 Å². The first kappa shape index (κ1) is 10.1. The van der Waals surface area contributed by atoms with Gasteiger partial charge < -0.3 is 10.4 Å². The van der Waals surface area contributed by atoms with Crippen molar-refractivity contribution in [2.24, 2.45) is 0 Å². The zero-order valence-electron chi connectivity index (χ0n) is 8.48. The predicted octanol–water partition coefficient (Wildman–Crippen LogP) is 1.32. The third kappa shape index (κ3) is 2.52. The fourth-order valence-electron chi connectivity index (χ4n) is 1.55. The summed E-state index contributed by atoms with van der Waals surface area (Å²) in [7, 11) is 0. The van der Waals surface area contributed by atoms with Crippen molar-refractivity contribution in [2.45, 2.75) is 6.54 Å². The Kier molecular flexibility index (Phi) is 3.27. The van der Waals surface area contributed by atoms with E-state index in [1.165, 1.54) is 5.56 Å². The zero-order valence-corrected chi connectivity index (χ0v) is 8.48. The SMILES string of the molecule is OCCNCc1ccc2ncccc2c1. The van der Waals surface area contributed by atoms with Crippen LogP contribution in [0.1, 0.15) is 5.56 Å². The van der Waals surface area contributed by atoms with Crippen LogP contribution in [0.2, 0.25) is 0 Å². The van der Waals surface area contributed by atoms with Crippen molar-refractivity contribution in [1.29, 1.82) is 0 Å². The zero-order chi connectivity index (χ0) is 10.5. The third-order valence-corrected chi connectivity index (χ3v) is 2.29. The van der Waals surface area contributed by atoms with Gasteiger partial charge in [0.15, 0.2) is 0 Å². The van der Waals surface area contributed by atoms with E-state index in [-0.39, 0.29) is 6.61 Å². The normalized spacial score (nSPS) is 10.7. The summed E-state index contributed by atoms with van der Waals surface area (Å²) < 4.78 is 0. The van der Waals surface area contributed by atoms with Gasteiger partial charge in [-0.3, -0.25) is 4.98 Å². The van der Waals surface area contributed by atoms with E-state index in [4.69, 9.17) is 5.11 Å². The van der Waals surface area contributed by atoms with Gasteiger partial charge in [-0.05, 0) is 23.8 Å². The van der Waals surface area contributed by atoms with E-state index in [0.29, 0.717) is 6.54 Å². The molecular weight excluding hydrogens is 188 g/mol. The van der Waals surface area contributed by atoms with Crippen molar-refractivity contribution in [3.63, 3.8) is 0 Å². The molecule has 1 aromatic carbocycles. The Hall–Kier alpha value is -1.45. The van der Waals surface area contributed by atoms with E-state index in [1.54, 1.807) is 6.20 Å². The minimum Gasteiger partial charge on any atom is -0.395 e.